The van der Waals surface area contributed by atoms with Crippen LogP contribution in [0.15, 0.2) is 17.7 Å². The maximum Gasteiger partial charge on any atom is 0.331 e. The number of barbiturate groups is 1. The molecule has 0 unspecified atom stereocenters. The SMILES string of the molecule is CN1C(=O)NC(=O)C(=Cc2ccc([N+](=O)[O-])s2)C1=O. The smallest absolute Gasteiger partial charge is 0.273 e. The van der Waals surface area contributed by atoms with Crippen molar-refractivity contribution in [2.24, 2.45) is 0 Å². The van der Waals surface area contributed by atoms with Gasteiger partial charge in [0, 0.05) is 18.0 Å². The fourth-order valence-corrected chi connectivity index (χ4v) is 2.17. The number of rotatable bonds is 2. The quantitative estimate of drug-likeness (QED) is 0.372. The summed E-state index contributed by atoms with van der Waals surface area (Å²) in [6.07, 6.45) is 1.22. The van der Waals surface area contributed by atoms with Crippen LogP contribution in [0, 0.1) is 10.1 Å². The summed E-state index contributed by atoms with van der Waals surface area (Å²) >= 11 is 0.830. The molecule has 0 aliphatic carbocycles. The van der Waals surface area contributed by atoms with Crippen LogP contribution in [0.5, 0.6) is 0 Å². The summed E-state index contributed by atoms with van der Waals surface area (Å²) in [4.78, 5) is 45.5. The lowest BCUT2D eigenvalue weighted by molar-refractivity contribution is -0.380. The van der Waals surface area contributed by atoms with Gasteiger partial charge in [0.15, 0.2) is 0 Å². The molecule has 1 aliphatic rings. The summed E-state index contributed by atoms with van der Waals surface area (Å²) in [5.41, 5.74) is -0.237. The minimum Gasteiger partial charge on any atom is -0.273 e. The molecule has 4 amide bonds. The van der Waals surface area contributed by atoms with Crippen LogP contribution in [-0.4, -0.2) is 34.7 Å². The van der Waals surface area contributed by atoms with Gasteiger partial charge >= 0.3 is 11.0 Å². The Morgan fingerprint density at radius 1 is 1.37 bits per heavy atom. The molecular weight excluding hydrogens is 274 g/mol. The number of urea groups is 1. The zero-order valence-electron chi connectivity index (χ0n) is 9.58. The lowest BCUT2D eigenvalue weighted by Gasteiger charge is -2.22. The predicted octanol–water partition coefficient (Wildman–Crippen LogP) is 0.748. The van der Waals surface area contributed by atoms with Crippen LogP contribution in [0.1, 0.15) is 4.88 Å². The second-order valence-electron chi connectivity index (χ2n) is 3.61. The molecule has 8 nitrogen and oxygen atoms in total. The highest BCUT2D eigenvalue weighted by Crippen LogP contribution is 2.26. The topological polar surface area (TPSA) is 110 Å². The van der Waals surface area contributed by atoms with Crippen molar-refractivity contribution in [1.29, 1.82) is 0 Å². The lowest BCUT2D eigenvalue weighted by atomic mass is 10.1. The Bertz CT molecular complexity index is 633. The first-order valence-electron chi connectivity index (χ1n) is 4.99. The van der Waals surface area contributed by atoms with Gasteiger partial charge < -0.3 is 0 Å². The van der Waals surface area contributed by atoms with Crippen molar-refractivity contribution >= 4 is 40.3 Å². The first kappa shape index (κ1) is 12.9. The van der Waals surface area contributed by atoms with Crippen LogP contribution in [0.2, 0.25) is 0 Å². The van der Waals surface area contributed by atoms with Crippen LogP contribution in [0.25, 0.3) is 6.08 Å². The molecule has 0 aromatic carbocycles. The highest BCUT2D eigenvalue weighted by atomic mass is 32.1. The number of imide groups is 2. The summed E-state index contributed by atoms with van der Waals surface area (Å²) < 4.78 is 0. The van der Waals surface area contributed by atoms with Crippen LogP contribution >= 0.6 is 11.3 Å². The van der Waals surface area contributed by atoms with Gasteiger partial charge in [0.25, 0.3) is 11.8 Å². The number of carbonyl (C=O) groups is 3. The minimum absolute atomic E-state index is 0.0973. The highest BCUT2D eigenvalue weighted by Gasteiger charge is 2.33. The normalized spacial score (nSPS) is 17.8. The maximum absolute atomic E-state index is 11.7. The number of thiophene rings is 1. The van der Waals surface area contributed by atoms with Crippen molar-refractivity contribution < 1.29 is 19.3 Å². The summed E-state index contributed by atoms with van der Waals surface area (Å²) in [6, 6.07) is 1.90. The van der Waals surface area contributed by atoms with Crippen molar-refractivity contribution in [3.8, 4) is 0 Å². The largest absolute Gasteiger partial charge is 0.331 e. The summed E-state index contributed by atoms with van der Waals surface area (Å²) in [5, 5.41) is 12.4. The van der Waals surface area contributed by atoms with E-state index in [9.17, 15) is 24.5 Å². The van der Waals surface area contributed by atoms with Crippen molar-refractivity contribution in [3.63, 3.8) is 0 Å². The molecule has 0 bridgehead atoms. The number of carbonyl (C=O) groups excluding carboxylic acids is 3. The average Bonchev–Trinajstić information content (AvgIpc) is 2.81. The third kappa shape index (κ3) is 2.36. The Labute approximate surface area is 110 Å². The van der Waals surface area contributed by atoms with E-state index < -0.39 is 22.8 Å². The van der Waals surface area contributed by atoms with E-state index in [1.807, 2.05) is 5.32 Å². The van der Waals surface area contributed by atoms with Crippen molar-refractivity contribution in [1.82, 2.24) is 10.2 Å². The van der Waals surface area contributed by atoms with E-state index in [2.05, 4.69) is 0 Å². The number of nitro groups is 1. The number of amides is 4. The fraction of sp³-hybridized carbons (Fsp3) is 0.100. The fourth-order valence-electron chi connectivity index (χ4n) is 1.41. The number of hydrogen-bond acceptors (Lipinski definition) is 6. The molecule has 0 atom stereocenters. The molecule has 1 fully saturated rings. The maximum atomic E-state index is 11.7. The van der Waals surface area contributed by atoms with Gasteiger partial charge in [0.1, 0.15) is 5.57 Å². The minimum atomic E-state index is -0.816. The predicted molar refractivity (Wildman–Crippen MR) is 65.3 cm³/mol. The van der Waals surface area contributed by atoms with Gasteiger partial charge in [-0.05, 0) is 12.1 Å². The third-order valence-corrected chi connectivity index (χ3v) is 3.37. The molecule has 19 heavy (non-hydrogen) atoms. The number of nitrogens with one attached hydrogen (secondary N) is 1. The molecule has 2 rings (SSSR count). The standard InChI is InChI=1S/C10H7N3O5S/c1-12-9(15)6(8(14)11-10(12)16)4-5-2-3-7(19-5)13(17)18/h2-4H,1H3,(H,11,14,16). The Balaban J connectivity index is 2.35. The van der Waals surface area contributed by atoms with Crippen LogP contribution in [0.3, 0.4) is 0 Å². The molecule has 1 aromatic rings. The molecule has 0 radical (unpaired) electrons. The van der Waals surface area contributed by atoms with Crippen LogP contribution in [0.4, 0.5) is 9.80 Å². The Hall–Kier alpha value is -2.55. The van der Waals surface area contributed by atoms with E-state index in [0.29, 0.717) is 4.88 Å². The average molecular weight is 281 g/mol. The van der Waals surface area contributed by atoms with Crippen LogP contribution < -0.4 is 5.32 Å². The summed E-state index contributed by atoms with van der Waals surface area (Å²) in [5.74, 6) is -1.56. The van der Waals surface area contributed by atoms with Crippen molar-refractivity contribution in [2.75, 3.05) is 7.05 Å². The van der Waals surface area contributed by atoms with Gasteiger partial charge in [0.2, 0.25) is 0 Å². The Morgan fingerprint density at radius 2 is 2.05 bits per heavy atom. The van der Waals surface area contributed by atoms with Gasteiger partial charge in [-0.2, -0.15) is 0 Å². The first-order chi connectivity index (χ1) is 8.90. The Kier molecular flexibility index (Phi) is 3.13. The van der Waals surface area contributed by atoms with Gasteiger partial charge in [-0.25, -0.2) is 4.79 Å². The lowest BCUT2D eigenvalue weighted by Crippen LogP contribution is -2.52. The number of nitrogens with zero attached hydrogens (tertiary/aromatic N) is 2. The van der Waals surface area contributed by atoms with Gasteiger partial charge in [-0.15, -0.1) is 0 Å². The zero-order valence-corrected chi connectivity index (χ0v) is 10.4. The number of likely N-dealkylation sites (N-methyl/N-ethyl adjacent to an activating group) is 1. The van der Waals surface area contributed by atoms with E-state index in [1.165, 1.54) is 25.3 Å². The van der Waals surface area contributed by atoms with Gasteiger partial charge in [0.05, 0.1) is 4.92 Å². The van der Waals surface area contributed by atoms with E-state index in [1.54, 1.807) is 0 Å². The Morgan fingerprint density at radius 3 is 2.63 bits per heavy atom. The molecule has 98 valence electrons. The molecule has 1 aromatic heterocycles. The first-order valence-corrected chi connectivity index (χ1v) is 5.81. The van der Waals surface area contributed by atoms with Crippen LogP contribution in [-0.2, 0) is 9.59 Å². The second kappa shape index (κ2) is 4.61. The monoisotopic (exact) mass is 281 g/mol. The molecule has 9 heteroatoms. The van der Waals surface area contributed by atoms with E-state index >= 15 is 0 Å². The van der Waals surface area contributed by atoms with Crippen molar-refractivity contribution in [2.45, 2.75) is 0 Å². The second-order valence-corrected chi connectivity index (χ2v) is 4.71. The highest BCUT2D eigenvalue weighted by molar-refractivity contribution is 7.16. The summed E-state index contributed by atoms with van der Waals surface area (Å²) in [7, 11) is 1.23. The van der Waals surface area contributed by atoms with Gasteiger partial charge in [-0.1, -0.05) is 11.3 Å². The molecule has 1 N–H and O–H groups in total. The van der Waals surface area contributed by atoms with E-state index in [4.69, 9.17) is 0 Å². The van der Waals surface area contributed by atoms with Crippen molar-refractivity contribution in [3.05, 3.63) is 32.7 Å². The molecule has 2 heterocycles. The molecule has 0 saturated carbocycles. The summed E-state index contributed by atoms with van der Waals surface area (Å²) in [6.45, 7) is 0. The molecule has 1 aliphatic heterocycles. The van der Waals surface area contributed by atoms with Gasteiger partial charge in [-0.3, -0.25) is 29.9 Å². The number of hydrogen-bond donors (Lipinski definition) is 1. The molecule has 1 saturated heterocycles. The third-order valence-electron chi connectivity index (χ3n) is 2.38. The molecule has 0 spiro atoms. The van der Waals surface area contributed by atoms with E-state index in [0.717, 1.165) is 16.2 Å². The van der Waals surface area contributed by atoms with E-state index in [-0.39, 0.29) is 10.6 Å². The molecular formula is C10H7N3O5S. The zero-order chi connectivity index (χ0) is 14.2.